The number of aliphatic hydroxyl groups excluding tert-OH is 1. The lowest BCUT2D eigenvalue weighted by atomic mass is 9.97. The van der Waals surface area contributed by atoms with E-state index >= 15 is 0 Å². The Hall–Kier alpha value is -3.47. The highest BCUT2D eigenvalue weighted by Crippen LogP contribution is 2.34. The van der Waals surface area contributed by atoms with E-state index in [9.17, 15) is 9.50 Å². The van der Waals surface area contributed by atoms with Gasteiger partial charge in [0, 0.05) is 36.7 Å². The van der Waals surface area contributed by atoms with Crippen LogP contribution in [0.5, 0.6) is 5.75 Å². The van der Waals surface area contributed by atoms with Gasteiger partial charge in [0.05, 0.1) is 36.7 Å². The van der Waals surface area contributed by atoms with Gasteiger partial charge in [0.1, 0.15) is 0 Å². The Bertz CT molecular complexity index is 1370. The molecule has 1 saturated heterocycles. The molecule has 11 heteroatoms. The molecule has 178 valence electrons. The highest BCUT2D eigenvalue weighted by atomic mass is 19.1. The van der Waals surface area contributed by atoms with Gasteiger partial charge in [0.15, 0.2) is 23.0 Å². The number of aliphatic hydroxyl groups is 1. The molecule has 2 aliphatic rings. The van der Waals surface area contributed by atoms with Crippen LogP contribution in [0, 0.1) is 5.82 Å². The summed E-state index contributed by atoms with van der Waals surface area (Å²) in [5.74, 6) is 0.574. The van der Waals surface area contributed by atoms with Crippen LogP contribution in [0.25, 0.3) is 16.6 Å². The van der Waals surface area contributed by atoms with E-state index in [1.54, 1.807) is 0 Å². The van der Waals surface area contributed by atoms with Gasteiger partial charge in [-0.1, -0.05) is 0 Å². The first-order valence-electron chi connectivity index (χ1n) is 11.7. The molecule has 3 atom stereocenters. The molecular formula is C23H27FN8O2. The van der Waals surface area contributed by atoms with E-state index < -0.39 is 5.82 Å². The summed E-state index contributed by atoms with van der Waals surface area (Å²) >= 11 is 0. The Labute approximate surface area is 195 Å². The van der Waals surface area contributed by atoms with E-state index in [0.29, 0.717) is 22.4 Å². The van der Waals surface area contributed by atoms with Gasteiger partial charge in [-0.25, -0.2) is 14.4 Å². The molecular weight excluding hydrogens is 439 g/mol. The molecule has 3 N–H and O–H groups in total. The lowest BCUT2D eigenvalue weighted by molar-refractivity contribution is 0.130. The van der Waals surface area contributed by atoms with E-state index in [1.165, 1.54) is 23.8 Å². The molecule has 0 bridgehead atoms. The summed E-state index contributed by atoms with van der Waals surface area (Å²) in [5.41, 5.74) is 8.19. The first-order chi connectivity index (χ1) is 16.5. The van der Waals surface area contributed by atoms with Gasteiger partial charge in [-0.05, 0) is 38.2 Å². The van der Waals surface area contributed by atoms with E-state index in [4.69, 9.17) is 15.5 Å². The number of halogens is 1. The number of piperidine rings is 1. The fourth-order valence-electron chi connectivity index (χ4n) is 5.30. The minimum Gasteiger partial charge on any atom is -0.494 e. The fraction of sp³-hybridized carbons (Fsp3) is 0.478. The molecule has 0 amide bonds. The highest BCUT2D eigenvalue weighted by Gasteiger charge is 2.30. The number of rotatable bonds is 4. The van der Waals surface area contributed by atoms with Crippen molar-refractivity contribution in [1.82, 2.24) is 29.4 Å². The molecule has 34 heavy (non-hydrogen) atoms. The van der Waals surface area contributed by atoms with Crippen molar-refractivity contribution < 1.29 is 14.2 Å². The highest BCUT2D eigenvalue weighted by molar-refractivity contribution is 5.93. The number of fused-ring (bicyclic) bond motifs is 3. The van der Waals surface area contributed by atoms with Crippen LogP contribution in [0.15, 0.2) is 24.5 Å². The third-order valence-electron chi connectivity index (χ3n) is 7.11. The quantitative estimate of drug-likeness (QED) is 0.471. The Balaban J connectivity index is 1.30. The van der Waals surface area contributed by atoms with Crippen molar-refractivity contribution in [2.45, 2.75) is 50.2 Å². The van der Waals surface area contributed by atoms with Crippen LogP contribution < -0.4 is 15.4 Å². The number of aromatic nitrogens is 6. The van der Waals surface area contributed by atoms with Crippen LogP contribution in [0.1, 0.15) is 49.9 Å². The van der Waals surface area contributed by atoms with Crippen LogP contribution in [-0.2, 0) is 0 Å². The normalized spacial score (nSPS) is 23.3. The van der Waals surface area contributed by atoms with Gasteiger partial charge in [-0.3, -0.25) is 4.68 Å². The molecule has 10 nitrogen and oxygen atoms in total. The number of benzene rings is 1. The molecule has 0 radical (unpaired) electrons. The number of hydrogen-bond donors (Lipinski definition) is 2. The van der Waals surface area contributed by atoms with Crippen molar-refractivity contribution in [1.29, 1.82) is 0 Å². The van der Waals surface area contributed by atoms with Crippen LogP contribution in [0.2, 0.25) is 0 Å². The molecule has 2 fully saturated rings. The van der Waals surface area contributed by atoms with Crippen LogP contribution in [0.3, 0.4) is 0 Å². The number of hydrogen-bond acceptors (Lipinski definition) is 8. The van der Waals surface area contributed by atoms with Crippen molar-refractivity contribution in [3.63, 3.8) is 0 Å². The molecule has 1 aromatic carbocycles. The van der Waals surface area contributed by atoms with Crippen LogP contribution in [0.4, 0.5) is 16.0 Å². The lowest BCUT2D eigenvalue weighted by Crippen LogP contribution is -2.34. The number of ether oxygens (including phenoxy) is 1. The van der Waals surface area contributed by atoms with Crippen molar-refractivity contribution in [2.24, 2.45) is 0 Å². The van der Waals surface area contributed by atoms with Gasteiger partial charge in [-0.2, -0.15) is 9.61 Å². The minimum atomic E-state index is -0.485. The molecule has 6 rings (SSSR count). The molecule has 4 heterocycles. The Kier molecular flexibility index (Phi) is 5.01. The first kappa shape index (κ1) is 21.1. The number of nitrogen functional groups attached to an aromatic ring is 1. The largest absolute Gasteiger partial charge is 0.494 e. The maximum absolute atomic E-state index is 14.4. The minimum absolute atomic E-state index is 0.0530. The van der Waals surface area contributed by atoms with Gasteiger partial charge in [0.2, 0.25) is 5.95 Å². The molecule has 0 unspecified atom stereocenters. The number of methoxy groups -OCH3 is 1. The van der Waals surface area contributed by atoms with Crippen molar-refractivity contribution >= 4 is 28.2 Å². The predicted molar refractivity (Wildman–Crippen MR) is 125 cm³/mol. The lowest BCUT2D eigenvalue weighted by Gasteiger charge is -2.32. The third-order valence-corrected chi connectivity index (χ3v) is 7.11. The van der Waals surface area contributed by atoms with Gasteiger partial charge in [-0.15, -0.1) is 5.10 Å². The van der Waals surface area contributed by atoms with E-state index in [0.717, 1.165) is 50.9 Å². The Morgan fingerprint density at radius 3 is 2.85 bits per heavy atom. The fourth-order valence-corrected chi connectivity index (χ4v) is 5.30. The van der Waals surface area contributed by atoms with Crippen molar-refractivity contribution in [3.05, 3.63) is 36.2 Å². The number of nitrogens with two attached hydrogens (primary N) is 1. The Morgan fingerprint density at radius 2 is 2.06 bits per heavy atom. The molecule has 1 aliphatic heterocycles. The standard InChI is InChI=1S/C23H27FN8O2/c1-34-20-9-17-15(8-16(20)24)22-28-21(29-32(22)23(25)27-17)13-4-3-7-30(11-13)14-10-26-31(12-14)18-5-2-6-19(18)33/h8-10,12-13,18-19,33H,2-7,11H2,1H3,(H2,25,27)/t13-,18+,19+/m1/s1. The van der Waals surface area contributed by atoms with Gasteiger partial charge < -0.3 is 20.5 Å². The zero-order valence-corrected chi connectivity index (χ0v) is 18.9. The summed E-state index contributed by atoms with van der Waals surface area (Å²) in [6.45, 7) is 1.66. The molecule has 1 saturated carbocycles. The summed E-state index contributed by atoms with van der Waals surface area (Å²) in [5, 5.41) is 19.9. The molecule has 4 aromatic rings. The third kappa shape index (κ3) is 3.42. The number of nitrogens with zero attached hydrogens (tertiary/aromatic N) is 7. The first-order valence-corrected chi connectivity index (χ1v) is 11.7. The average Bonchev–Trinajstić information content (AvgIpc) is 3.59. The Morgan fingerprint density at radius 1 is 1.18 bits per heavy atom. The SMILES string of the molecule is COc1cc2nc(N)n3nc([C@@H]4CCCN(c5cnn([C@H]6CCC[C@@H]6O)c5)C4)nc3c2cc1F. The maximum Gasteiger partial charge on any atom is 0.223 e. The van der Waals surface area contributed by atoms with Crippen molar-refractivity contribution in [2.75, 3.05) is 30.8 Å². The second-order valence-corrected chi connectivity index (χ2v) is 9.21. The van der Waals surface area contributed by atoms with Gasteiger partial charge >= 0.3 is 0 Å². The molecule has 1 aliphatic carbocycles. The van der Waals surface area contributed by atoms with Crippen LogP contribution in [-0.4, -0.2) is 60.8 Å². The van der Waals surface area contributed by atoms with Crippen LogP contribution >= 0.6 is 0 Å². The van der Waals surface area contributed by atoms with E-state index in [1.807, 2.05) is 17.1 Å². The predicted octanol–water partition coefficient (Wildman–Crippen LogP) is 2.67. The van der Waals surface area contributed by atoms with E-state index in [2.05, 4.69) is 20.1 Å². The second-order valence-electron chi connectivity index (χ2n) is 9.21. The zero-order valence-electron chi connectivity index (χ0n) is 18.9. The summed E-state index contributed by atoms with van der Waals surface area (Å²) in [4.78, 5) is 11.4. The van der Waals surface area contributed by atoms with E-state index in [-0.39, 0.29) is 29.8 Å². The zero-order chi connectivity index (χ0) is 23.4. The summed E-state index contributed by atoms with van der Waals surface area (Å²) in [7, 11) is 1.41. The number of anilines is 2. The maximum atomic E-state index is 14.4. The average molecular weight is 467 g/mol. The topological polar surface area (TPSA) is 120 Å². The monoisotopic (exact) mass is 466 g/mol. The molecule has 3 aromatic heterocycles. The summed E-state index contributed by atoms with van der Waals surface area (Å²) in [6.07, 6.45) is 8.30. The van der Waals surface area contributed by atoms with Crippen molar-refractivity contribution in [3.8, 4) is 5.75 Å². The summed E-state index contributed by atoms with van der Waals surface area (Å²) < 4.78 is 22.9. The smallest absolute Gasteiger partial charge is 0.223 e. The van der Waals surface area contributed by atoms with Gasteiger partial charge in [0.25, 0.3) is 0 Å². The summed E-state index contributed by atoms with van der Waals surface area (Å²) in [6, 6.07) is 2.95. The molecule has 0 spiro atoms. The second kappa shape index (κ2) is 8.08.